The van der Waals surface area contributed by atoms with E-state index in [1.165, 1.54) is 16.2 Å². The van der Waals surface area contributed by atoms with E-state index in [-0.39, 0.29) is 18.4 Å². The zero-order valence-electron chi connectivity index (χ0n) is 9.62. The number of imide groups is 1. The van der Waals surface area contributed by atoms with Crippen molar-refractivity contribution in [2.75, 3.05) is 6.54 Å². The molecule has 17 heavy (non-hydrogen) atoms. The summed E-state index contributed by atoms with van der Waals surface area (Å²) in [6.07, 6.45) is 0. The van der Waals surface area contributed by atoms with E-state index in [1.54, 1.807) is 13.8 Å². The van der Waals surface area contributed by atoms with Gasteiger partial charge < -0.3 is 0 Å². The van der Waals surface area contributed by atoms with Crippen molar-refractivity contribution < 1.29 is 9.59 Å². The van der Waals surface area contributed by atoms with Crippen molar-refractivity contribution in [1.82, 2.24) is 10.2 Å². The first kappa shape index (κ1) is 12.7. The molecule has 1 aromatic rings. The first-order valence-corrected chi connectivity index (χ1v) is 6.85. The molecule has 0 atom stereocenters. The number of piperazine rings is 1. The van der Waals surface area contributed by atoms with E-state index in [4.69, 9.17) is 0 Å². The highest BCUT2D eigenvalue weighted by atomic mass is 79.9. The Kier molecular flexibility index (Phi) is 3.38. The van der Waals surface area contributed by atoms with Gasteiger partial charge in [0.1, 0.15) is 0 Å². The molecule has 0 unspecified atom stereocenters. The Morgan fingerprint density at radius 1 is 1.47 bits per heavy atom. The van der Waals surface area contributed by atoms with Crippen molar-refractivity contribution in [2.45, 2.75) is 25.9 Å². The number of hydrogen-bond acceptors (Lipinski definition) is 4. The second-order valence-corrected chi connectivity index (χ2v) is 7.02. The standard InChI is InChI=1S/C11H13BrN2O2S/c1-11(2)10(16)14(9(15)5-13-11)6-7-3-4-8(12)17-7/h3-4,13H,5-6H2,1-2H3. The fourth-order valence-electron chi connectivity index (χ4n) is 1.67. The fourth-order valence-corrected chi connectivity index (χ4v) is 3.14. The van der Waals surface area contributed by atoms with Gasteiger partial charge in [-0.25, -0.2) is 0 Å². The summed E-state index contributed by atoms with van der Waals surface area (Å²) in [7, 11) is 0. The molecule has 1 aliphatic rings. The zero-order chi connectivity index (χ0) is 12.6. The van der Waals surface area contributed by atoms with Crippen LogP contribution in [-0.2, 0) is 16.1 Å². The number of halogens is 1. The van der Waals surface area contributed by atoms with E-state index in [2.05, 4.69) is 21.2 Å². The summed E-state index contributed by atoms with van der Waals surface area (Å²) in [6.45, 7) is 4.16. The highest BCUT2D eigenvalue weighted by molar-refractivity contribution is 9.11. The lowest BCUT2D eigenvalue weighted by Gasteiger charge is -2.36. The van der Waals surface area contributed by atoms with E-state index in [0.717, 1.165) is 8.66 Å². The van der Waals surface area contributed by atoms with Crippen LogP contribution in [0.3, 0.4) is 0 Å². The predicted molar refractivity (Wildman–Crippen MR) is 69.7 cm³/mol. The van der Waals surface area contributed by atoms with Crippen LogP contribution in [0.4, 0.5) is 0 Å². The monoisotopic (exact) mass is 316 g/mol. The third-order valence-corrected chi connectivity index (χ3v) is 4.31. The molecule has 0 aromatic carbocycles. The number of nitrogens with zero attached hydrogens (tertiary/aromatic N) is 1. The molecule has 2 rings (SSSR count). The van der Waals surface area contributed by atoms with Gasteiger partial charge in [0.25, 0.3) is 0 Å². The van der Waals surface area contributed by atoms with Gasteiger partial charge in [-0.15, -0.1) is 11.3 Å². The molecule has 0 bridgehead atoms. The van der Waals surface area contributed by atoms with Crippen LogP contribution >= 0.6 is 27.3 Å². The number of amides is 2. The van der Waals surface area contributed by atoms with E-state index < -0.39 is 5.54 Å². The van der Waals surface area contributed by atoms with E-state index in [9.17, 15) is 9.59 Å². The third kappa shape index (κ3) is 2.59. The van der Waals surface area contributed by atoms with Crippen LogP contribution in [0.1, 0.15) is 18.7 Å². The summed E-state index contributed by atoms with van der Waals surface area (Å²) in [6, 6.07) is 3.84. The lowest BCUT2D eigenvalue weighted by molar-refractivity contribution is -0.153. The van der Waals surface area contributed by atoms with Crippen LogP contribution in [0.25, 0.3) is 0 Å². The van der Waals surface area contributed by atoms with Gasteiger partial charge in [-0.05, 0) is 41.9 Å². The van der Waals surface area contributed by atoms with Crippen molar-refractivity contribution in [1.29, 1.82) is 0 Å². The van der Waals surface area contributed by atoms with E-state index in [0.29, 0.717) is 6.54 Å². The average molecular weight is 317 g/mol. The molecule has 1 aliphatic heterocycles. The largest absolute Gasteiger partial charge is 0.295 e. The van der Waals surface area contributed by atoms with Crippen molar-refractivity contribution >= 4 is 39.1 Å². The maximum absolute atomic E-state index is 12.1. The summed E-state index contributed by atoms with van der Waals surface area (Å²) in [5, 5.41) is 2.93. The molecule has 1 N–H and O–H groups in total. The van der Waals surface area contributed by atoms with Crippen LogP contribution < -0.4 is 5.32 Å². The predicted octanol–water partition coefficient (Wildman–Crippen LogP) is 1.75. The van der Waals surface area contributed by atoms with Gasteiger partial charge >= 0.3 is 0 Å². The smallest absolute Gasteiger partial charge is 0.249 e. The summed E-state index contributed by atoms with van der Waals surface area (Å²) in [5.74, 6) is -0.336. The minimum Gasteiger partial charge on any atom is -0.295 e. The molecule has 6 heteroatoms. The van der Waals surface area contributed by atoms with E-state index in [1.807, 2.05) is 12.1 Å². The van der Waals surface area contributed by atoms with Crippen LogP contribution in [-0.4, -0.2) is 28.8 Å². The molecule has 1 fully saturated rings. The van der Waals surface area contributed by atoms with Gasteiger partial charge in [-0.3, -0.25) is 19.8 Å². The normalized spacial score (nSPS) is 19.8. The molecule has 2 amide bonds. The fraction of sp³-hybridized carbons (Fsp3) is 0.455. The number of carbonyl (C=O) groups is 2. The Morgan fingerprint density at radius 3 is 2.76 bits per heavy atom. The first-order valence-electron chi connectivity index (χ1n) is 5.24. The SMILES string of the molecule is CC1(C)NCC(=O)N(Cc2ccc(Br)s2)C1=O. The molecule has 0 saturated carbocycles. The van der Waals surface area contributed by atoms with Crippen molar-refractivity contribution in [3.05, 3.63) is 20.8 Å². The number of thiophene rings is 1. The minimum atomic E-state index is -0.664. The molecular formula is C11H13BrN2O2S. The Bertz CT molecular complexity index is 470. The van der Waals surface area contributed by atoms with E-state index >= 15 is 0 Å². The third-order valence-electron chi connectivity index (χ3n) is 2.71. The van der Waals surface area contributed by atoms with Crippen molar-refractivity contribution in [3.8, 4) is 0 Å². The molecule has 1 saturated heterocycles. The quantitative estimate of drug-likeness (QED) is 0.846. The maximum atomic E-state index is 12.1. The maximum Gasteiger partial charge on any atom is 0.249 e. The first-order chi connectivity index (χ1) is 7.90. The lowest BCUT2D eigenvalue weighted by atomic mass is 10.0. The second-order valence-electron chi connectivity index (χ2n) is 4.47. The average Bonchev–Trinajstić information content (AvgIpc) is 2.66. The second kappa shape index (κ2) is 4.51. The summed E-state index contributed by atoms with van der Waals surface area (Å²) >= 11 is 4.90. The molecule has 2 heterocycles. The highest BCUT2D eigenvalue weighted by Gasteiger charge is 2.39. The van der Waals surface area contributed by atoms with Crippen LogP contribution in [0.2, 0.25) is 0 Å². The summed E-state index contributed by atoms with van der Waals surface area (Å²) in [5.41, 5.74) is -0.664. The molecule has 1 aromatic heterocycles. The summed E-state index contributed by atoms with van der Waals surface area (Å²) < 4.78 is 1.00. The number of carbonyl (C=O) groups excluding carboxylic acids is 2. The molecule has 4 nitrogen and oxygen atoms in total. The molecule has 92 valence electrons. The van der Waals surface area contributed by atoms with Crippen molar-refractivity contribution in [2.24, 2.45) is 0 Å². The van der Waals surface area contributed by atoms with Gasteiger partial charge in [-0.2, -0.15) is 0 Å². The molecule has 0 aliphatic carbocycles. The van der Waals surface area contributed by atoms with Crippen LogP contribution in [0, 0.1) is 0 Å². The van der Waals surface area contributed by atoms with Crippen LogP contribution in [0.5, 0.6) is 0 Å². The number of nitrogens with one attached hydrogen (secondary N) is 1. The Hall–Kier alpha value is -0.720. The molecule has 0 spiro atoms. The summed E-state index contributed by atoms with van der Waals surface area (Å²) in [4.78, 5) is 26.2. The minimum absolute atomic E-state index is 0.168. The van der Waals surface area contributed by atoms with Gasteiger partial charge in [0.05, 0.1) is 22.4 Å². The van der Waals surface area contributed by atoms with Crippen molar-refractivity contribution in [3.63, 3.8) is 0 Å². The molecule has 0 radical (unpaired) electrons. The van der Waals surface area contributed by atoms with Gasteiger partial charge in [0.2, 0.25) is 11.8 Å². The Labute approximate surface area is 112 Å². The van der Waals surface area contributed by atoms with Gasteiger partial charge in [0.15, 0.2) is 0 Å². The topological polar surface area (TPSA) is 49.4 Å². The van der Waals surface area contributed by atoms with Crippen LogP contribution in [0.15, 0.2) is 15.9 Å². The van der Waals surface area contributed by atoms with Gasteiger partial charge in [0, 0.05) is 4.88 Å². The Balaban J connectivity index is 2.18. The zero-order valence-corrected chi connectivity index (χ0v) is 12.0. The lowest BCUT2D eigenvalue weighted by Crippen LogP contribution is -2.63. The Morgan fingerprint density at radius 2 is 2.18 bits per heavy atom. The van der Waals surface area contributed by atoms with Gasteiger partial charge in [-0.1, -0.05) is 0 Å². The highest BCUT2D eigenvalue weighted by Crippen LogP contribution is 2.25. The number of hydrogen-bond donors (Lipinski definition) is 1. The molecular weight excluding hydrogens is 304 g/mol. The number of rotatable bonds is 2.